The summed E-state index contributed by atoms with van der Waals surface area (Å²) in [5, 5.41) is 3.12. The second kappa shape index (κ2) is 12.1. The van der Waals surface area contributed by atoms with E-state index in [1.165, 1.54) is 11.1 Å². The lowest BCUT2D eigenvalue weighted by Gasteiger charge is -2.31. The number of benzene rings is 3. The van der Waals surface area contributed by atoms with E-state index < -0.39 is 0 Å². The van der Waals surface area contributed by atoms with Gasteiger partial charge >= 0.3 is 0 Å². The number of rotatable bonds is 8. The highest BCUT2D eigenvalue weighted by Crippen LogP contribution is 2.25. The zero-order chi connectivity index (χ0) is 24.6. The van der Waals surface area contributed by atoms with Gasteiger partial charge in [-0.2, -0.15) is 0 Å². The molecule has 0 aliphatic carbocycles. The van der Waals surface area contributed by atoms with Gasteiger partial charge in [0.15, 0.2) is 0 Å². The predicted molar refractivity (Wildman–Crippen MR) is 148 cm³/mol. The van der Waals surface area contributed by atoms with E-state index in [0.29, 0.717) is 6.54 Å². The molecule has 4 rings (SSSR count). The van der Waals surface area contributed by atoms with Gasteiger partial charge in [0.05, 0.1) is 4.99 Å². The third-order valence-electron chi connectivity index (χ3n) is 6.64. The molecule has 0 saturated carbocycles. The predicted octanol–water partition coefficient (Wildman–Crippen LogP) is 4.92. The molecule has 0 spiro atoms. The summed E-state index contributed by atoms with van der Waals surface area (Å²) >= 11 is 5.30. The van der Waals surface area contributed by atoms with Crippen molar-refractivity contribution in [3.63, 3.8) is 0 Å². The van der Waals surface area contributed by atoms with Crippen LogP contribution in [0.5, 0.6) is 0 Å². The Hall–Kier alpha value is -3.06. The number of hydrogen-bond acceptors (Lipinski definition) is 4. The highest BCUT2D eigenvalue weighted by atomic mass is 32.1. The number of anilines is 1. The van der Waals surface area contributed by atoms with Gasteiger partial charge in [-0.25, -0.2) is 0 Å². The number of carbonyl (C=O) groups is 1. The van der Waals surface area contributed by atoms with Gasteiger partial charge in [0.1, 0.15) is 0 Å². The largest absolute Gasteiger partial charge is 0.364 e. The molecular weight excluding hydrogens is 452 g/mol. The fourth-order valence-corrected chi connectivity index (χ4v) is 4.62. The SMILES string of the molecule is CN(Cc1cccc(-c2ccc(NC(=O)C3CCN(Cc4ccccc4)CC3)cc2)c1)C(=S)CN. The van der Waals surface area contributed by atoms with Crippen LogP contribution in [-0.2, 0) is 17.9 Å². The molecule has 182 valence electrons. The van der Waals surface area contributed by atoms with E-state index in [0.717, 1.165) is 60.8 Å². The van der Waals surface area contributed by atoms with Crippen LogP contribution in [0.3, 0.4) is 0 Å². The van der Waals surface area contributed by atoms with Crippen molar-refractivity contribution in [3.8, 4) is 11.1 Å². The molecule has 1 amide bonds. The summed E-state index contributed by atoms with van der Waals surface area (Å²) in [6.07, 6.45) is 1.79. The molecule has 6 heteroatoms. The number of nitrogens with zero attached hydrogens (tertiary/aromatic N) is 2. The minimum Gasteiger partial charge on any atom is -0.364 e. The number of nitrogens with two attached hydrogens (primary N) is 1. The Kier molecular flexibility index (Phi) is 8.64. The van der Waals surface area contributed by atoms with Crippen LogP contribution >= 0.6 is 12.2 Å². The normalized spacial score (nSPS) is 14.5. The molecule has 0 aromatic heterocycles. The van der Waals surface area contributed by atoms with Crippen molar-refractivity contribution in [2.24, 2.45) is 11.7 Å². The van der Waals surface area contributed by atoms with Gasteiger partial charge in [0.25, 0.3) is 0 Å². The van der Waals surface area contributed by atoms with E-state index >= 15 is 0 Å². The van der Waals surface area contributed by atoms with E-state index in [2.05, 4.69) is 70.9 Å². The van der Waals surface area contributed by atoms with Crippen molar-refractivity contribution in [1.29, 1.82) is 0 Å². The van der Waals surface area contributed by atoms with Gasteiger partial charge in [-0.05, 0) is 66.4 Å². The maximum atomic E-state index is 12.9. The Morgan fingerprint density at radius 1 is 0.971 bits per heavy atom. The molecule has 5 nitrogen and oxygen atoms in total. The summed E-state index contributed by atoms with van der Waals surface area (Å²) < 4.78 is 0. The van der Waals surface area contributed by atoms with Crippen molar-refractivity contribution in [2.75, 3.05) is 32.0 Å². The summed E-state index contributed by atoms with van der Waals surface area (Å²) in [5.74, 6) is 0.188. The lowest BCUT2D eigenvalue weighted by molar-refractivity contribution is -0.121. The minimum absolute atomic E-state index is 0.0648. The van der Waals surface area contributed by atoms with E-state index in [4.69, 9.17) is 18.0 Å². The van der Waals surface area contributed by atoms with E-state index in [1.54, 1.807) is 0 Å². The molecule has 0 unspecified atom stereocenters. The average Bonchev–Trinajstić information content (AvgIpc) is 2.89. The van der Waals surface area contributed by atoms with Crippen molar-refractivity contribution < 1.29 is 4.79 Å². The molecule has 1 saturated heterocycles. The summed E-state index contributed by atoms with van der Waals surface area (Å²) in [7, 11) is 1.96. The van der Waals surface area contributed by atoms with Crippen molar-refractivity contribution in [3.05, 3.63) is 90.0 Å². The van der Waals surface area contributed by atoms with Crippen LogP contribution in [0.1, 0.15) is 24.0 Å². The first-order valence-electron chi connectivity index (χ1n) is 12.2. The third-order valence-corrected chi connectivity index (χ3v) is 7.12. The first-order chi connectivity index (χ1) is 17.0. The van der Waals surface area contributed by atoms with Gasteiger partial charge in [-0.3, -0.25) is 9.69 Å². The molecule has 0 atom stereocenters. The Balaban J connectivity index is 1.30. The number of piperidine rings is 1. The van der Waals surface area contributed by atoms with Crippen LogP contribution in [0.4, 0.5) is 5.69 Å². The summed E-state index contributed by atoms with van der Waals surface area (Å²) in [6.45, 7) is 3.96. The van der Waals surface area contributed by atoms with Crippen LogP contribution in [0, 0.1) is 5.92 Å². The monoisotopic (exact) mass is 486 g/mol. The van der Waals surface area contributed by atoms with Gasteiger partial charge in [-0.15, -0.1) is 0 Å². The smallest absolute Gasteiger partial charge is 0.227 e. The number of amides is 1. The van der Waals surface area contributed by atoms with E-state index in [1.807, 2.05) is 30.1 Å². The van der Waals surface area contributed by atoms with Gasteiger partial charge < -0.3 is 16.0 Å². The fourth-order valence-electron chi connectivity index (χ4n) is 4.55. The Morgan fingerprint density at radius 2 is 1.66 bits per heavy atom. The average molecular weight is 487 g/mol. The molecule has 1 aliphatic rings. The number of likely N-dealkylation sites (tertiary alicyclic amines) is 1. The molecule has 35 heavy (non-hydrogen) atoms. The zero-order valence-electron chi connectivity index (χ0n) is 20.3. The molecular formula is C29H34N4OS. The standard InChI is InChI=1S/C29H34N4OS/c1-32(28(35)19-30)20-23-8-5-9-26(18-23)24-10-12-27(13-11-24)31-29(34)25-14-16-33(17-15-25)21-22-6-3-2-4-7-22/h2-13,18,25H,14-17,19-21,30H2,1H3,(H,31,34). The van der Waals surface area contributed by atoms with Gasteiger partial charge in [-0.1, -0.05) is 72.9 Å². The summed E-state index contributed by atoms with van der Waals surface area (Å²) in [4.78, 5) is 18.0. The lowest BCUT2D eigenvalue weighted by atomic mass is 9.95. The van der Waals surface area contributed by atoms with E-state index in [-0.39, 0.29) is 11.8 Å². The molecule has 1 aliphatic heterocycles. The van der Waals surface area contributed by atoms with Crippen LogP contribution in [0.15, 0.2) is 78.9 Å². The second-order valence-corrected chi connectivity index (χ2v) is 9.73. The highest BCUT2D eigenvalue weighted by Gasteiger charge is 2.25. The zero-order valence-corrected chi connectivity index (χ0v) is 21.1. The van der Waals surface area contributed by atoms with Crippen molar-refractivity contribution in [2.45, 2.75) is 25.9 Å². The van der Waals surface area contributed by atoms with Gasteiger partial charge in [0.2, 0.25) is 5.91 Å². The lowest BCUT2D eigenvalue weighted by Crippen LogP contribution is -2.37. The topological polar surface area (TPSA) is 61.6 Å². The first kappa shape index (κ1) is 25.0. The van der Waals surface area contributed by atoms with Crippen LogP contribution in [-0.4, -0.2) is 47.4 Å². The quantitative estimate of drug-likeness (QED) is 0.443. The molecule has 0 bridgehead atoms. The van der Waals surface area contributed by atoms with Crippen LogP contribution in [0.2, 0.25) is 0 Å². The number of likely N-dealkylation sites (N-methyl/N-ethyl adjacent to an activating group) is 1. The number of nitrogens with one attached hydrogen (secondary N) is 1. The Morgan fingerprint density at radius 3 is 2.34 bits per heavy atom. The first-order valence-corrected chi connectivity index (χ1v) is 12.6. The molecule has 3 N–H and O–H groups in total. The maximum absolute atomic E-state index is 12.9. The van der Waals surface area contributed by atoms with Crippen molar-refractivity contribution in [1.82, 2.24) is 9.80 Å². The second-order valence-electron chi connectivity index (χ2n) is 9.26. The van der Waals surface area contributed by atoms with Crippen LogP contribution in [0.25, 0.3) is 11.1 Å². The number of thiocarbonyl (C=S) groups is 1. The van der Waals surface area contributed by atoms with Gasteiger partial charge in [0, 0.05) is 38.3 Å². The number of hydrogen-bond donors (Lipinski definition) is 2. The molecule has 1 fully saturated rings. The molecule has 1 heterocycles. The maximum Gasteiger partial charge on any atom is 0.227 e. The fraction of sp³-hybridized carbons (Fsp3) is 0.310. The third kappa shape index (κ3) is 6.98. The highest BCUT2D eigenvalue weighted by molar-refractivity contribution is 7.80. The summed E-state index contributed by atoms with van der Waals surface area (Å²) in [6, 6.07) is 27.0. The minimum atomic E-state index is 0.0648. The summed E-state index contributed by atoms with van der Waals surface area (Å²) in [5.41, 5.74) is 11.3. The number of carbonyl (C=O) groups excluding carboxylic acids is 1. The van der Waals surface area contributed by atoms with Crippen LogP contribution < -0.4 is 11.1 Å². The van der Waals surface area contributed by atoms with E-state index in [9.17, 15) is 4.79 Å². The Bertz CT molecular complexity index is 1120. The Labute approximate surface area is 213 Å². The molecule has 0 radical (unpaired) electrons. The molecule has 3 aromatic carbocycles. The van der Waals surface area contributed by atoms with Crippen molar-refractivity contribution >= 4 is 28.8 Å². The molecule has 3 aromatic rings.